The Morgan fingerprint density at radius 1 is 1.19 bits per heavy atom. The minimum atomic E-state index is -0.433. The zero-order valence-corrected chi connectivity index (χ0v) is 15.1. The maximum Gasteiger partial charge on any atom is 0.319 e. The van der Waals surface area contributed by atoms with Gasteiger partial charge in [0.25, 0.3) is 0 Å². The van der Waals surface area contributed by atoms with E-state index >= 15 is 0 Å². The van der Waals surface area contributed by atoms with Crippen LogP contribution in [-0.2, 0) is 0 Å². The Morgan fingerprint density at radius 3 is 2.65 bits per heavy atom. The van der Waals surface area contributed by atoms with Gasteiger partial charge in [-0.15, -0.1) is 0 Å². The van der Waals surface area contributed by atoms with E-state index in [0.717, 1.165) is 5.56 Å². The predicted molar refractivity (Wildman–Crippen MR) is 98.7 cm³/mol. The number of carbonyl (C=O) groups excluding carboxylic acids is 1. The fourth-order valence-corrected chi connectivity index (χ4v) is 2.56. The van der Waals surface area contributed by atoms with Gasteiger partial charge in [0.1, 0.15) is 6.04 Å². The molecule has 7 nitrogen and oxygen atoms in total. The number of urea groups is 1. The minimum absolute atomic E-state index is 0.0471. The van der Waals surface area contributed by atoms with Gasteiger partial charge in [0.05, 0.1) is 0 Å². The molecule has 8 heteroatoms. The van der Waals surface area contributed by atoms with Gasteiger partial charge in [-0.2, -0.15) is 4.98 Å². The van der Waals surface area contributed by atoms with Crippen LogP contribution in [0.25, 0.3) is 11.4 Å². The molecule has 0 bridgehead atoms. The summed E-state index contributed by atoms with van der Waals surface area (Å²) in [6, 6.07) is 9.68. The monoisotopic (exact) mass is 371 g/mol. The lowest BCUT2D eigenvalue weighted by atomic mass is 10.0. The normalized spacial score (nSPS) is 12.0. The van der Waals surface area contributed by atoms with Gasteiger partial charge in [-0.1, -0.05) is 36.7 Å². The number of nitrogens with one attached hydrogen (secondary N) is 2. The van der Waals surface area contributed by atoms with Crippen molar-refractivity contribution in [1.82, 2.24) is 20.4 Å². The smallest absolute Gasteiger partial charge is 0.319 e. The molecule has 0 aliphatic rings. The average Bonchev–Trinajstić information content (AvgIpc) is 3.10. The van der Waals surface area contributed by atoms with Crippen molar-refractivity contribution < 1.29 is 9.32 Å². The highest BCUT2D eigenvalue weighted by Crippen LogP contribution is 2.23. The van der Waals surface area contributed by atoms with Crippen LogP contribution >= 0.6 is 11.6 Å². The van der Waals surface area contributed by atoms with Crippen LogP contribution in [-0.4, -0.2) is 21.2 Å². The predicted octanol–water partition coefficient (Wildman–Crippen LogP) is 4.30. The SMILES string of the molecule is CC(C)C(NC(=O)Nc1cccc(Cl)c1)c1nc(-c2ccncc2)no1. The third-order valence-electron chi connectivity index (χ3n) is 3.68. The fraction of sp³-hybridized carbons (Fsp3) is 0.222. The summed E-state index contributed by atoms with van der Waals surface area (Å²) in [5.74, 6) is 0.837. The van der Waals surface area contributed by atoms with E-state index in [0.29, 0.717) is 22.4 Å². The van der Waals surface area contributed by atoms with Crippen LogP contribution < -0.4 is 10.6 Å². The Kier molecular flexibility index (Phi) is 5.48. The molecule has 3 aromatic rings. The summed E-state index contributed by atoms with van der Waals surface area (Å²) < 4.78 is 5.37. The molecule has 0 saturated carbocycles. The highest BCUT2D eigenvalue weighted by atomic mass is 35.5. The van der Waals surface area contributed by atoms with Gasteiger partial charge in [0.15, 0.2) is 0 Å². The van der Waals surface area contributed by atoms with Crippen molar-refractivity contribution in [3.8, 4) is 11.4 Å². The van der Waals surface area contributed by atoms with E-state index in [2.05, 4.69) is 25.8 Å². The maximum atomic E-state index is 12.3. The van der Waals surface area contributed by atoms with E-state index < -0.39 is 6.04 Å². The van der Waals surface area contributed by atoms with Crippen molar-refractivity contribution in [3.63, 3.8) is 0 Å². The Hall–Kier alpha value is -2.93. The number of hydrogen-bond donors (Lipinski definition) is 2. The number of amides is 2. The average molecular weight is 372 g/mol. The Balaban J connectivity index is 1.73. The molecule has 134 valence electrons. The zero-order chi connectivity index (χ0) is 18.5. The Labute approximate surface area is 155 Å². The summed E-state index contributed by atoms with van der Waals surface area (Å²) in [4.78, 5) is 20.7. The molecule has 0 spiro atoms. The highest BCUT2D eigenvalue weighted by Gasteiger charge is 2.25. The standard InChI is InChI=1S/C18H18ClN5O2/c1-11(2)15(22-18(25)21-14-5-3-4-13(19)10-14)17-23-16(24-26-17)12-6-8-20-9-7-12/h3-11,15H,1-2H3,(H2,21,22,25). The molecule has 1 aromatic carbocycles. The van der Waals surface area contributed by atoms with Crippen molar-refractivity contribution >= 4 is 23.3 Å². The second-order valence-corrected chi connectivity index (χ2v) is 6.46. The summed E-state index contributed by atoms with van der Waals surface area (Å²) in [6.45, 7) is 3.92. The van der Waals surface area contributed by atoms with Crippen LogP contribution in [0.2, 0.25) is 5.02 Å². The molecular formula is C18H18ClN5O2. The van der Waals surface area contributed by atoms with E-state index in [1.807, 2.05) is 13.8 Å². The van der Waals surface area contributed by atoms with Crippen molar-refractivity contribution in [1.29, 1.82) is 0 Å². The number of hydrogen-bond acceptors (Lipinski definition) is 5. The number of benzene rings is 1. The van der Waals surface area contributed by atoms with Gasteiger partial charge >= 0.3 is 6.03 Å². The van der Waals surface area contributed by atoms with Crippen molar-refractivity contribution in [2.24, 2.45) is 5.92 Å². The molecule has 0 aliphatic heterocycles. The van der Waals surface area contributed by atoms with Crippen LogP contribution in [0.15, 0.2) is 53.3 Å². The van der Waals surface area contributed by atoms with Crippen molar-refractivity contribution in [2.75, 3.05) is 5.32 Å². The first kappa shape index (κ1) is 17.9. The van der Waals surface area contributed by atoms with Crippen molar-refractivity contribution in [3.05, 3.63) is 59.7 Å². The summed E-state index contributed by atoms with van der Waals surface area (Å²) in [6.07, 6.45) is 3.31. The van der Waals surface area contributed by atoms with Gasteiger partial charge in [0, 0.05) is 28.7 Å². The summed E-state index contributed by atoms with van der Waals surface area (Å²) in [7, 11) is 0. The number of carbonyl (C=O) groups is 1. The molecule has 26 heavy (non-hydrogen) atoms. The minimum Gasteiger partial charge on any atom is -0.337 e. The quantitative estimate of drug-likeness (QED) is 0.697. The van der Waals surface area contributed by atoms with Crippen LogP contribution in [0.5, 0.6) is 0 Å². The van der Waals surface area contributed by atoms with E-state index in [4.69, 9.17) is 16.1 Å². The molecule has 0 radical (unpaired) electrons. The van der Waals surface area contributed by atoms with Crippen LogP contribution in [0.4, 0.5) is 10.5 Å². The molecule has 0 saturated heterocycles. The molecule has 0 fully saturated rings. The Morgan fingerprint density at radius 2 is 1.96 bits per heavy atom. The third kappa shape index (κ3) is 4.37. The maximum absolute atomic E-state index is 12.3. The summed E-state index contributed by atoms with van der Waals surface area (Å²) in [5.41, 5.74) is 1.39. The first-order valence-corrected chi connectivity index (χ1v) is 8.48. The van der Waals surface area contributed by atoms with E-state index in [-0.39, 0.29) is 11.9 Å². The molecule has 1 unspecified atom stereocenters. The van der Waals surface area contributed by atoms with Crippen LogP contribution in [0.3, 0.4) is 0 Å². The number of rotatable bonds is 5. The molecule has 2 N–H and O–H groups in total. The van der Waals surface area contributed by atoms with E-state index in [1.165, 1.54) is 0 Å². The lowest BCUT2D eigenvalue weighted by Crippen LogP contribution is -2.35. The van der Waals surface area contributed by atoms with Gasteiger partial charge in [-0.05, 0) is 36.2 Å². The number of halogens is 1. The second kappa shape index (κ2) is 7.97. The fourth-order valence-electron chi connectivity index (χ4n) is 2.37. The first-order chi connectivity index (χ1) is 12.5. The molecule has 1 atom stereocenters. The molecular weight excluding hydrogens is 354 g/mol. The number of aromatic nitrogens is 3. The molecule has 2 amide bonds. The third-order valence-corrected chi connectivity index (χ3v) is 3.92. The number of anilines is 1. The lowest BCUT2D eigenvalue weighted by Gasteiger charge is -2.19. The number of nitrogens with zero attached hydrogens (tertiary/aromatic N) is 3. The molecule has 0 aliphatic carbocycles. The summed E-state index contributed by atoms with van der Waals surface area (Å²) >= 11 is 5.93. The first-order valence-electron chi connectivity index (χ1n) is 8.10. The molecule has 2 aromatic heterocycles. The van der Waals surface area contributed by atoms with Crippen LogP contribution in [0.1, 0.15) is 25.8 Å². The highest BCUT2D eigenvalue weighted by molar-refractivity contribution is 6.30. The van der Waals surface area contributed by atoms with Crippen molar-refractivity contribution in [2.45, 2.75) is 19.9 Å². The van der Waals surface area contributed by atoms with Gasteiger partial charge in [-0.3, -0.25) is 4.98 Å². The van der Waals surface area contributed by atoms with Gasteiger partial charge in [-0.25, -0.2) is 4.79 Å². The van der Waals surface area contributed by atoms with Gasteiger partial charge < -0.3 is 15.2 Å². The molecule has 3 rings (SSSR count). The van der Waals surface area contributed by atoms with E-state index in [9.17, 15) is 4.79 Å². The topological polar surface area (TPSA) is 92.9 Å². The largest absolute Gasteiger partial charge is 0.337 e. The zero-order valence-electron chi connectivity index (χ0n) is 14.3. The van der Waals surface area contributed by atoms with Gasteiger partial charge in [0.2, 0.25) is 11.7 Å². The van der Waals surface area contributed by atoms with E-state index in [1.54, 1.807) is 48.8 Å². The number of pyridine rings is 1. The Bertz CT molecular complexity index is 882. The van der Waals surface area contributed by atoms with Crippen LogP contribution in [0, 0.1) is 5.92 Å². The lowest BCUT2D eigenvalue weighted by molar-refractivity contribution is 0.236. The second-order valence-electron chi connectivity index (χ2n) is 6.02. The molecule has 2 heterocycles. The summed E-state index contributed by atoms with van der Waals surface area (Å²) in [5, 5.41) is 10.1.